The predicted octanol–water partition coefficient (Wildman–Crippen LogP) is 2.15. The molecule has 0 fully saturated rings. The summed E-state index contributed by atoms with van der Waals surface area (Å²) in [7, 11) is 0. The van der Waals surface area contributed by atoms with Crippen molar-refractivity contribution in [3.63, 3.8) is 0 Å². The fraction of sp³-hybridized carbons (Fsp3) is 0.462. The summed E-state index contributed by atoms with van der Waals surface area (Å²) < 4.78 is 43.6. The van der Waals surface area contributed by atoms with Crippen LogP contribution in [-0.4, -0.2) is 25.7 Å². The molecule has 4 N–H and O–H groups in total. The van der Waals surface area contributed by atoms with E-state index < -0.39 is 17.6 Å². The maximum absolute atomic E-state index is 12.8. The van der Waals surface area contributed by atoms with Gasteiger partial charge in [0.15, 0.2) is 0 Å². The van der Waals surface area contributed by atoms with Gasteiger partial charge >= 0.3 is 6.18 Å². The van der Waals surface area contributed by atoms with E-state index in [0.717, 1.165) is 12.1 Å². The van der Waals surface area contributed by atoms with Crippen LogP contribution < -0.4 is 16.6 Å². The van der Waals surface area contributed by atoms with Gasteiger partial charge in [-0.15, -0.1) is 0 Å². The molecular formula is C13H18F3N3O2. The quantitative estimate of drug-likeness (QED) is 0.410. The Morgan fingerprint density at radius 1 is 1.38 bits per heavy atom. The van der Waals surface area contributed by atoms with Crippen LogP contribution in [0.5, 0.6) is 0 Å². The number of benzene rings is 1. The normalized spacial score (nSPS) is 11.3. The van der Waals surface area contributed by atoms with Crippen molar-refractivity contribution in [3.8, 4) is 0 Å². The van der Waals surface area contributed by atoms with E-state index in [9.17, 15) is 18.0 Å². The van der Waals surface area contributed by atoms with Crippen LogP contribution in [0.25, 0.3) is 0 Å². The van der Waals surface area contributed by atoms with Crippen LogP contribution in [0.2, 0.25) is 0 Å². The third-order valence-corrected chi connectivity index (χ3v) is 2.70. The lowest BCUT2D eigenvalue weighted by Gasteiger charge is -2.14. The number of ether oxygens (including phenoxy) is 1. The predicted molar refractivity (Wildman–Crippen MR) is 72.7 cm³/mol. The molecule has 0 saturated heterocycles. The van der Waals surface area contributed by atoms with Gasteiger partial charge < -0.3 is 15.5 Å². The molecule has 0 radical (unpaired) electrons. The Morgan fingerprint density at radius 3 is 2.67 bits per heavy atom. The largest absolute Gasteiger partial charge is 0.418 e. The molecule has 0 bridgehead atoms. The summed E-state index contributed by atoms with van der Waals surface area (Å²) in [4.78, 5) is 11.8. The Morgan fingerprint density at radius 2 is 2.10 bits per heavy atom. The first kappa shape index (κ1) is 17.3. The maximum Gasteiger partial charge on any atom is 0.418 e. The van der Waals surface area contributed by atoms with Gasteiger partial charge in [-0.05, 0) is 31.5 Å². The number of halogens is 3. The van der Waals surface area contributed by atoms with Crippen LogP contribution in [0.15, 0.2) is 18.2 Å². The number of nitrogens with one attached hydrogen (secondary N) is 2. The number of amides is 1. The summed E-state index contributed by atoms with van der Waals surface area (Å²) in [5.41, 5.74) is 0.633. The van der Waals surface area contributed by atoms with E-state index in [-0.39, 0.29) is 11.3 Å². The van der Waals surface area contributed by atoms with Crippen LogP contribution in [0.3, 0.4) is 0 Å². The number of hydrogen-bond donors (Lipinski definition) is 3. The van der Waals surface area contributed by atoms with E-state index in [1.54, 1.807) is 0 Å². The zero-order valence-electron chi connectivity index (χ0n) is 11.6. The van der Waals surface area contributed by atoms with Crippen LogP contribution in [0.4, 0.5) is 18.9 Å². The van der Waals surface area contributed by atoms with Gasteiger partial charge in [-0.3, -0.25) is 10.6 Å². The molecule has 8 heteroatoms. The van der Waals surface area contributed by atoms with Gasteiger partial charge in [0.25, 0.3) is 5.91 Å². The molecule has 0 heterocycles. The van der Waals surface area contributed by atoms with Crippen LogP contribution in [0, 0.1) is 0 Å². The number of carbonyl (C=O) groups is 1. The van der Waals surface area contributed by atoms with Crippen molar-refractivity contribution in [3.05, 3.63) is 29.3 Å². The van der Waals surface area contributed by atoms with Crippen molar-refractivity contribution in [1.29, 1.82) is 0 Å². The van der Waals surface area contributed by atoms with Crippen molar-refractivity contribution in [2.24, 2.45) is 5.84 Å². The minimum absolute atomic E-state index is 0.0715. The average molecular weight is 305 g/mol. The molecule has 0 aliphatic heterocycles. The standard InChI is InChI=1S/C13H18F3N3O2/c1-2-21-7-3-6-18-12(20)9-4-5-11(19-17)10(8-9)13(14,15)16/h4-5,8,19H,2-3,6-7,17H2,1H3,(H,18,20). The number of alkyl halides is 3. The highest BCUT2D eigenvalue weighted by Gasteiger charge is 2.34. The fourth-order valence-electron chi connectivity index (χ4n) is 1.67. The van der Waals surface area contributed by atoms with Crippen molar-refractivity contribution in [2.45, 2.75) is 19.5 Å². The summed E-state index contributed by atoms with van der Waals surface area (Å²) >= 11 is 0. The third-order valence-electron chi connectivity index (χ3n) is 2.70. The number of rotatable bonds is 7. The van der Waals surface area contributed by atoms with E-state index in [2.05, 4.69) is 5.32 Å². The van der Waals surface area contributed by atoms with Crippen molar-refractivity contribution < 1.29 is 22.7 Å². The summed E-state index contributed by atoms with van der Waals surface area (Å²) in [6, 6.07) is 3.17. The molecule has 0 aliphatic carbocycles. The van der Waals surface area contributed by atoms with Gasteiger partial charge in [0.2, 0.25) is 0 Å². The Balaban J connectivity index is 2.73. The molecule has 0 unspecified atom stereocenters. The molecule has 0 saturated carbocycles. The molecule has 0 aliphatic rings. The maximum atomic E-state index is 12.8. The Hall–Kier alpha value is -1.80. The number of nitrogens with two attached hydrogens (primary N) is 1. The molecule has 1 rings (SSSR count). The number of carbonyl (C=O) groups excluding carboxylic acids is 1. The van der Waals surface area contributed by atoms with Gasteiger partial charge in [0, 0.05) is 25.3 Å². The van der Waals surface area contributed by atoms with Gasteiger partial charge in [-0.1, -0.05) is 0 Å². The van der Waals surface area contributed by atoms with E-state index in [4.69, 9.17) is 10.6 Å². The van der Waals surface area contributed by atoms with Crippen molar-refractivity contribution in [1.82, 2.24) is 5.32 Å². The first-order valence-corrected chi connectivity index (χ1v) is 6.44. The van der Waals surface area contributed by atoms with Crippen LogP contribution in [0.1, 0.15) is 29.3 Å². The summed E-state index contributed by atoms with van der Waals surface area (Å²) in [5, 5.41) is 2.54. The topological polar surface area (TPSA) is 76.4 Å². The highest BCUT2D eigenvalue weighted by atomic mass is 19.4. The average Bonchev–Trinajstić information content (AvgIpc) is 2.45. The second kappa shape index (κ2) is 7.84. The van der Waals surface area contributed by atoms with Gasteiger partial charge in [0.05, 0.1) is 11.3 Å². The van der Waals surface area contributed by atoms with E-state index in [1.165, 1.54) is 6.07 Å². The Kier molecular flexibility index (Phi) is 6.44. The lowest BCUT2D eigenvalue weighted by atomic mass is 10.1. The second-order valence-corrected chi connectivity index (χ2v) is 4.21. The molecule has 118 valence electrons. The Bertz CT molecular complexity index is 478. The fourth-order valence-corrected chi connectivity index (χ4v) is 1.67. The molecule has 1 aromatic carbocycles. The number of nitrogen functional groups attached to an aromatic ring is 1. The molecule has 5 nitrogen and oxygen atoms in total. The summed E-state index contributed by atoms with van der Waals surface area (Å²) in [6.45, 7) is 3.25. The van der Waals surface area contributed by atoms with Gasteiger partial charge in [-0.25, -0.2) is 0 Å². The molecule has 0 spiro atoms. The molecular weight excluding hydrogens is 287 g/mol. The van der Waals surface area contributed by atoms with Crippen molar-refractivity contribution in [2.75, 3.05) is 25.2 Å². The second-order valence-electron chi connectivity index (χ2n) is 4.21. The summed E-state index contributed by atoms with van der Waals surface area (Å²) in [6.07, 6.45) is -4.00. The third kappa shape index (κ3) is 5.24. The van der Waals surface area contributed by atoms with Gasteiger partial charge in [-0.2, -0.15) is 13.2 Å². The minimum Gasteiger partial charge on any atom is -0.382 e. The van der Waals surface area contributed by atoms with E-state index >= 15 is 0 Å². The molecule has 0 atom stereocenters. The monoisotopic (exact) mass is 305 g/mol. The van der Waals surface area contributed by atoms with Crippen molar-refractivity contribution >= 4 is 11.6 Å². The highest BCUT2D eigenvalue weighted by Crippen LogP contribution is 2.35. The molecule has 1 aromatic rings. The first-order chi connectivity index (χ1) is 9.90. The number of hydrogen-bond acceptors (Lipinski definition) is 4. The molecule has 1 amide bonds. The molecule has 21 heavy (non-hydrogen) atoms. The lowest BCUT2D eigenvalue weighted by Crippen LogP contribution is -2.26. The zero-order valence-corrected chi connectivity index (χ0v) is 11.6. The molecule has 0 aromatic heterocycles. The SMILES string of the molecule is CCOCCCNC(=O)c1ccc(NN)c(C(F)(F)F)c1. The number of anilines is 1. The summed E-state index contributed by atoms with van der Waals surface area (Å²) in [5.74, 6) is 4.47. The van der Waals surface area contributed by atoms with E-state index in [1.807, 2.05) is 12.3 Å². The first-order valence-electron chi connectivity index (χ1n) is 6.44. The number of hydrazine groups is 1. The lowest BCUT2D eigenvalue weighted by molar-refractivity contribution is -0.137. The van der Waals surface area contributed by atoms with Crippen LogP contribution in [-0.2, 0) is 10.9 Å². The Labute approximate surface area is 120 Å². The highest BCUT2D eigenvalue weighted by molar-refractivity contribution is 5.94. The van der Waals surface area contributed by atoms with Crippen LogP contribution >= 0.6 is 0 Å². The van der Waals surface area contributed by atoms with E-state index in [0.29, 0.717) is 26.2 Å². The zero-order chi connectivity index (χ0) is 15.9. The smallest absolute Gasteiger partial charge is 0.382 e. The minimum atomic E-state index is -4.59. The van der Waals surface area contributed by atoms with Gasteiger partial charge in [0.1, 0.15) is 0 Å².